The van der Waals surface area contributed by atoms with Gasteiger partial charge < -0.3 is 4.74 Å². The fourth-order valence-corrected chi connectivity index (χ4v) is 3.22. The van der Waals surface area contributed by atoms with E-state index in [1.165, 1.54) is 0 Å². The second-order valence-electron chi connectivity index (χ2n) is 4.54. The molecule has 2 N–H and O–H groups in total. The third kappa shape index (κ3) is 5.60. The summed E-state index contributed by atoms with van der Waals surface area (Å²) in [6.45, 7) is 4.55. The second kappa shape index (κ2) is 5.27. The maximum atomic E-state index is 11.0. The minimum atomic E-state index is -3.44. The van der Waals surface area contributed by atoms with Crippen LogP contribution in [-0.2, 0) is 21.4 Å². The van der Waals surface area contributed by atoms with Crippen LogP contribution in [0.25, 0.3) is 0 Å². The quantitative estimate of drug-likeness (QED) is 0.847. The SMILES string of the molecule is CC(C)(COCc1cccs1)CS(N)(=O)=O. The van der Waals surface area contributed by atoms with Crippen LogP contribution in [0.3, 0.4) is 0 Å². The van der Waals surface area contributed by atoms with Crippen molar-refractivity contribution in [3.8, 4) is 0 Å². The average molecular weight is 263 g/mol. The van der Waals surface area contributed by atoms with Gasteiger partial charge >= 0.3 is 0 Å². The van der Waals surface area contributed by atoms with E-state index in [1.807, 2.05) is 31.4 Å². The molecular formula is C10H17NO3S2. The molecule has 0 aliphatic carbocycles. The maximum Gasteiger partial charge on any atom is 0.209 e. The van der Waals surface area contributed by atoms with Crippen LogP contribution in [0.4, 0.5) is 0 Å². The van der Waals surface area contributed by atoms with Crippen molar-refractivity contribution >= 4 is 21.4 Å². The van der Waals surface area contributed by atoms with Crippen molar-refractivity contribution in [1.82, 2.24) is 0 Å². The Morgan fingerprint density at radius 2 is 2.19 bits per heavy atom. The van der Waals surface area contributed by atoms with Gasteiger partial charge in [0.1, 0.15) is 0 Å². The largest absolute Gasteiger partial charge is 0.375 e. The molecule has 0 aromatic carbocycles. The Bertz CT molecular complexity index is 409. The highest BCUT2D eigenvalue weighted by Gasteiger charge is 2.24. The summed E-state index contributed by atoms with van der Waals surface area (Å²) in [5, 5.41) is 6.99. The summed E-state index contributed by atoms with van der Waals surface area (Å²) < 4.78 is 27.4. The molecule has 0 saturated carbocycles. The summed E-state index contributed by atoms with van der Waals surface area (Å²) in [4.78, 5) is 1.13. The summed E-state index contributed by atoms with van der Waals surface area (Å²) in [6.07, 6.45) is 0. The molecule has 4 nitrogen and oxygen atoms in total. The summed E-state index contributed by atoms with van der Waals surface area (Å²) in [5.74, 6) is -0.0650. The summed E-state index contributed by atoms with van der Waals surface area (Å²) in [6, 6.07) is 3.94. The highest BCUT2D eigenvalue weighted by atomic mass is 32.2. The third-order valence-electron chi connectivity index (χ3n) is 1.91. The monoisotopic (exact) mass is 263 g/mol. The minimum Gasteiger partial charge on any atom is -0.375 e. The van der Waals surface area contributed by atoms with Gasteiger partial charge in [0.05, 0.1) is 19.0 Å². The van der Waals surface area contributed by atoms with Crippen molar-refractivity contribution in [3.63, 3.8) is 0 Å². The van der Waals surface area contributed by atoms with E-state index in [0.717, 1.165) is 4.88 Å². The van der Waals surface area contributed by atoms with E-state index < -0.39 is 15.4 Å². The molecule has 92 valence electrons. The van der Waals surface area contributed by atoms with E-state index in [-0.39, 0.29) is 5.75 Å². The highest BCUT2D eigenvalue weighted by molar-refractivity contribution is 7.89. The molecule has 1 heterocycles. The molecule has 0 spiro atoms. The van der Waals surface area contributed by atoms with Gasteiger partial charge in [0, 0.05) is 10.3 Å². The van der Waals surface area contributed by atoms with Gasteiger partial charge in [-0.05, 0) is 11.4 Å². The average Bonchev–Trinajstić information content (AvgIpc) is 2.51. The molecule has 1 aromatic heterocycles. The molecule has 0 fully saturated rings. The van der Waals surface area contributed by atoms with Crippen molar-refractivity contribution < 1.29 is 13.2 Å². The minimum absolute atomic E-state index is 0.0650. The number of hydrogen-bond acceptors (Lipinski definition) is 4. The number of ether oxygens (including phenoxy) is 1. The van der Waals surface area contributed by atoms with Gasteiger partial charge in [-0.1, -0.05) is 19.9 Å². The van der Waals surface area contributed by atoms with Gasteiger partial charge in [0.25, 0.3) is 0 Å². The van der Waals surface area contributed by atoms with E-state index >= 15 is 0 Å². The summed E-state index contributed by atoms with van der Waals surface area (Å²) >= 11 is 1.62. The molecule has 1 rings (SSSR count). The molecule has 16 heavy (non-hydrogen) atoms. The van der Waals surface area contributed by atoms with Gasteiger partial charge in [0.15, 0.2) is 0 Å². The van der Waals surface area contributed by atoms with Gasteiger partial charge in [-0.25, -0.2) is 13.6 Å². The van der Waals surface area contributed by atoms with Crippen LogP contribution >= 0.6 is 11.3 Å². The topological polar surface area (TPSA) is 69.4 Å². The van der Waals surface area contributed by atoms with Crippen LogP contribution < -0.4 is 5.14 Å². The Hall–Kier alpha value is -0.430. The highest BCUT2D eigenvalue weighted by Crippen LogP contribution is 2.19. The fraction of sp³-hybridized carbons (Fsp3) is 0.600. The molecule has 0 aliphatic heterocycles. The lowest BCUT2D eigenvalue weighted by Gasteiger charge is -2.22. The summed E-state index contributed by atoms with van der Waals surface area (Å²) in [5.41, 5.74) is -0.454. The standard InChI is InChI=1S/C10H17NO3S2/c1-10(2,8-16(11,12)13)7-14-6-9-4-3-5-15-9/h3-5H,6-8H2,1-2H3,(H2,11,12,13). The number of primary sulfonamides is 1. The third-order valence-corrected chi connectivity index (χ3v) is 3.94. The molecule has 0 atom stereocenters. The van der Waals surface area contributed by atoms with E-state index in [4.69, 9.17) is 9.88 Å². The van der Waals surface area contributed by atoms with Crippen LogP contribution in [-0.4, -0.2) is 20.8 Å². The Balaban J connectivity index is 2.36. The van der Waals surface area contributed by atoms with E-state index in [1.54, 1.807) is 11.3 Å². The number of hydrogen-bond donors (Lipinski definition) is 1. The number of thiophene rings is 1. The summed E-state index contributed by atoms with van der Waals surface area (Å²) in [7, 11) is -3.44. The van der Waals surface area contributed by atoms with Crippen LogP contribution in [0, 0.1) is 5.41 Å². The Morgan fingerprint density at radius 3 is 2.69 bits per heavy atom. The van der Waals surface area contributed by atoms with Crippen LogP contribution in [0.1, 0.15) is 18.7 Å². The van der Waals surface area contributed by atoms with E-state index in [9.17, 15) is 8.42 Å². The van der Waals surface area contributed by atoms with Crippen LogP contribution in [0.5, 0.6) is 0 Å². The normalized spacial score (nSPS) is 12.9. The lowest BCUT2D eigenvalue weighted by atomic mass is 9.98. The molecule has 1 aromatic rings. The Morgan fingerprint density at radius 1 is 1.50 bits per heavy atom. The molecule has 6 heteroatoms. The van der Waals surface area contributed by atoms with E-state index in [0.29, 0.717) is 13.2 Å². The first-order chi connectivity index (χ1) is 7.29. The number of nitrogens with two attached hydrogens (primary N) is 1. The molecule has 0 amide bonds. The van der Waals surface area contributed by atoms with Crippen LogP contribution in [0.2, 0.25) is 0 Å². The first-order valence-electron chi connectivity index (χ1n) is 4.89. The van der Waals surface area contributed by atoms with Crippen molar-refractivity contribution in [3.05, 3.63) is 22.4 Å². The molecule has 0 radical (unpaired) electrons. The van der Waals surface area contributed by atoms with Gasteiger partial charge in [-0.15, -0.1) is 11.3 Å². The van der Waals surface area contributed by atoms with Gasteiger partial charge in [-0.2, -0.15) is 0 Å². The van der Waals surface area contributed by atoms with Gasteiger partial charge in [0.2, 0.25) is 10.0 Å². The Kier molecular flexibility index (Phi) is 4.49. The zero-order valence-electron chi connectivity index (χ0n) is 9.47. The number of rotatable bonds is 6. The predicted molar refractivity (Wildman–Crippen MR) is 65.7 cm³/mol. The molecular weight excluding hydrogens is 246 g/mol. The van der Waals surface area contributed by atoms with Crippen molar-refractivity contribution in [1.29, 1.82) is 0 Å². The Labute approximate surface area is 100 Å². The first-order valence-corrected chi connectivity index (χ1v) is 7.49. The van der Waals surface area contributed by atoms with Crippen molar-refractivity contribution in [2.75, 3.05) is 12.4 Å². The smallest absolute Gasteiger partial charge is 0.209 e. The molecule has 0 saturated heterocycles. The molecule has 0 unspecified atom stereocenters. The van der Waals surface area contributed by atoms with Crippen molar-refractivity contribution in [2.24, 2.45) is 10.6 Å². The lowest BCUT2D eigenvalue weighted by molar-refractivity contribution is 0.0627. The maximum absolute atomic E-state index is 11.0. The van der Waals surface area contributed by atoms with Gasteiger partial charge in [-0.3, -0.25) is 0 Å². The first kappa shape index (κ1) is 13.6. The zero-order chi connectivity index (χ0) is 12.2. The van der Waals surface area contributed by atoms with Crippen molar-refractivity contribution in [2.45, 2.75) is 20.5 Å². The second-order valence-corrected chi connectivity index (χ2v) is 7.19. The molecule has 0 bridgehead atoms. The zero-order valence-corrected chi connectivity index (χ0v) is 11.1. The molecule has 0 aliphatic rings. The van der Waals surface area contributed by atoms with E-state index in [2.05, 4.69) is 0 Å². The number of sulfonamides is 1. The van der Waals surface area contributed by atoms with Crippen LogP contribution in [0.15, 0.2) is 17.5 Å². The fourth-order valence-electron chi connectivity index (χ4n) is 1.41. The lowest BCUT2D eigenvalue weighted by Crippen LogP contribution is -2.32. The predicted octanol–water partition coefficient (Wildman–Crippen LogP) is 1.58.